The number of aliphatic carboxylic acids is 1. The maximum Gasteiger partial charge on any atom is 0.306 e. The van der Waals surface area contributed by atoms with Gasteiger partial charge < -0.3 is 9.53 Å². The Kier molecular flexibility index (Phi) is 4.88. The summed E-state index contributed by atoms with van der Waals surface area (Å²) in [4.78, 5) is 11.1. The highest BCUT2D eigenvalue weighted by Gasteiger charge is 2.40. The van der Waals surface area contributed by atoms with Gasteiger partial charge in [0.1, 0.15) is 0 Å². The molecule has 0 aromatic carbocycles. The van der Waals surface area contributed by atoms with Crippen molar-refractivity contribution in [1.82, 2.24) is 0 Å². The Morgan fingerprint density at radius 2 is 2.05 bits per heavy atom. The minimum Gasteiger partial charge on any atom is -0.547 e. The summed E-state index contributed by atoms with van der Waals surface area (Å²) in [5.74, 6) is 0.107. The molecule has 0 bridgehead atoms. The van der Waals surface area contributed by atoms with Crippen molar-refractivity contribution in [3.63, 3.8) is 0 Å². The Labute approximate surface area is 118 Å². The second-order valence-corrected chi connectivity index (χ2v) is 11.9. The summed E-state index contributed by atoms with van der Waals surface area (Å²) in [7, 11) is -1.80. The number of carbonyl (C=O) groups is 1. The minimum absolute atomic E-state index is 0.117. The molecule has 0 fully saturated rings. The summed E-state index contributed by atoms with van der Waals surface area (Å²) in [6, 6.07) is 0. The summed E-state index contributed by atoms with van der Waals surface area (Å²) in [6.07, 6.45) is 5.01. The highest BCUT2D eigenvalue weighted by Crippen LogP contribution is 2.40. The van der Waals surface area contributed by atoms with E-state index in [1.807, 2.05) is 0 Å². The van der Waals surface area contributed by atoms with Crippen molar-refractivity contribution < 1.29 is 14.3 Å². The summed E-state index contributed by atoms with van der Waals surface area (Å²) < 4.78 is 6.31. The third-order valence-electron chi connectivity index (χ3n) is 4.58. The smallest absolute Gasteiger partial charge is 0.306 e. The lowest BCUT2D eigenvalue weighted by Gasteiger charge is -2.38. The fraction of sp³-hybridized carbons (Fsp3) is 0.800. The van der Waals surface area contributed by atoms with Gasteiger partial charge in [-0.15, -0.1) is 0 Å². The van der Waals surface area contributed by atoms with Crippen LogP contribution in [0.1, 0.15) is 47.0 Å². The van der Waals surface area contributed by atoms with Gasteiger partial charge in [0.2, 0.25) is 8.32 Å². The molecule has 2 atom stereocenters. The third kappa shape index (κ3) is 4.10. The van der Waals surface area contributed by atoms with E-state index in [9.17, 15) is 4.79 Å². The number of carboxylic acids is 1. The highest BCUT2D eigenvalue weighted by molar-refractivity contribution is 6.74. The lowest BCUT2D eigenvalue weighted by Crippen LogP contribution is -2.40. The minimum atomic E-state index is -1.80. The van der Waals surface area contributed by atoms with Crippen LogP contribution >= 0.6 is 0 Å². The zero-order chi connectivity index (χ0) is 14.8. The number of allylic oxidation sites excluding steroid dienone is 2. The molecular formula is C15H28O3Si. The van der Waals surface area contributed by atoms with Crippen molar-refractivity contribution in [3.05, 3.63) is 11.8 Å². The van der Waals surface area contributed by atoms with Crippen LogP contribution in [0.3, 0.4) is 0 Å². The molecule has 4 heteroatoms. The number of carboxylic acid groups (broad SMARTS) is 1. The molecule has 0 aromatic heterocycles. The average molecular weight is 284 g/mol. The van der Waals surface area contributed by atoms with Crippen LogP contribution in [-0.4, -0.2) is 19.4 Å². The van der Waals surface area contributed by atoms with Crippen LogP contribution in [0.2, 0.25) is 18.1 Å². The topological polar surface area (TPSA) is 46.5 Å². The predicted molar refractivity (Wildman–Crippen MR) is 80.5 cm³/mol. The molecule has 1 rings (SSSR count). The Morgan fingerprint density at radius 1 is 1.47 bits per heavy atom. The second kappa shape index (κ2) is 5.69. The van der Waals surface area contributed by atoms with Gasteiger partial charge in [0, 0.05) is 6.42 Å². The molecule has 0 spiro atoms. The van der Waals surface area contributed by atoms with Crippen LogP contribution in [0.4, 0.5) is 0 Å². The quantitative estimate of drug-likeness (QED) is 0.778. The Morgan fingerprint density at radius 3 is 2.53 bits per heavy atom. The molecule has 0 radical (unpaired) electrons. The molecule has 0 aromatic rings. The van der Waals surface area contributed by atoms with Crippen LogP contribution in [0, 0.1) is 11.8 Å². The predicted octanol–water partition coefficient (Wildman–Crippen LogP) is 4.41. The lowest BCUT2D eigenvalue weighted by atomic mass is 9.85. The number of hydrogen-bond acceptors (Lipinski definition) is 2. The van der Waals surface area contributed by atoms with Crippen molar-refractivity contribution in [2.24, 2.45) is 11.8 Å². The van der Waals surface area contributed by atoms with Gasteiger partial charge in [-0.25, -0.2) is 0 Å². The standard InChI is InChI=1S/C15H28O3Si/c1-11(14(16)17)12-8-7-9-13(10-12)18-19(5,6)15(2,3)4/h10-12H,7-9H2,1-6H3,(H,16,17). The van der Waals surface area contributed by atoms with Gasteiger partial charge in [-0.3, -0.25) is 4.79 Å². The first-order valence-electron chi connectivity index (χ1n) is 7.17. The molecule has 19 heavy (non-hydrogen) atoms. The first-order valence-corrected chi connectivity index (χ1v) is 10.1. The van der Waals surface area contributed by atoms with Crippen LogP contribution in [-0.2, 0) is 9.22 Å². The fourth-order valence-electron chi connectivity index (χ4n) is 2.06. The molecule has 3 nitrogen and oxygen atoms in total. The largest absolute Gasteiger partial charge is 0.547 e. The van der Waals surface area contributed by atoms with E-state index in [4.69, 9.17) is 9.53 Å². The monoisotopic (exact) mass is 284 g/mol. The molecule has 0 saturated heterocycles. The van der Waals surface area contributed by atoms with Gasteiger partial charge >= 0.3 is 5.97 Å². The second-order valence-electron chi connectivity index (χ2n) is 7.18. The van der Waals surface area contributed by atoms with E-state index in [0.717, 1.165) is 25.0 Å². The molecule has 0 saturated carbocycles. The zero-order valence-corrected chi connectivity index (χ0v) is 14.1. The molecule has 0 amide bonds. The van der Waals surface area contributed by atoms with E-state index < -0.39 is 14.3 Å². The fourth-order valence-corrected chi connectivity index (χ4v) is 3.19. The maximum atomic E-state index is 11.1. The lowest BCUT2D eigenvalue weighted by molar-refractivity contribution is -0.142. The van der Waals surface area contributed by atoms with Crippen molar-refractivity contribution in [1.29, 1.82) is 0 Å². The van der Waals surface area contributed by atoms with E-state index in [2.05, 4.69) is 39.9 Å². The maximum absolute atomic E-state index is 11.1. The summed E-state index contributed by atoms with van der Waals surface area (Å²) in [5.41, 5.74) is 0. The molecule has 1 N–H and O–H groups in total. The van der Waals surface area contributed by atoms with Crippen LogP contribution < -0.4 is 0 Å². The van der Waals surface area contributed by atoms with Gasteiger partial charge in [-0.2, -0.15) is 0 Å². The van der Waals surface area contributed by atoms with E-state index in [0.29, 0.717) is 0 Å². The molecule has 0 heterocycles. The van der Waals surface area contributed by atoms with Crippen molar-refractivity contribution in [3.8, 4) is 0 Å². The molecular weight excluding hydrogens is 256 g/mol. The highest BCUT2D eigenvalue weighted by atomic mass is 28.4. The first kappa shape index (κ1) is 16.3. The average Bonchev–Trinajstić information content (AvgIpc) is 2.26. The zero-order valence-electron chi connectivity index (χ0n) is 13.1. The first-order chi connectivity index (χ1) is 8.54. The number of rotatable bonds is 4. The molecule has 110 valence electrons. The van der Waals surface area contributed by atoms with Gasteiger partial charge in [-0.1, -0.05) is 27.7 Å². The summed E-state index contributed by atoms with van der Waals surface area (Å²) in [6.45, 7) is 12.9. The van der Waals surface area contributed by atoms with Gasteiger partial charge in [0.15, 0.2) is 0 Å². The van der Waals surface area contributed by atoms with Crippen LogP contribution in [0.15, 0.2) is 11.8 Å². The van der Waals surface area contributed by atoms with Gasteiger partial charge in [0.05, 0.1) is 11.7 Å². The van der Waals surface area contributed by atoms with Gasteiger partial charge in [-0.05, 0) is 43.0 Å². The molecule has 1 aliphatic carbocycles. The Hall–Kier alpha value is -0.773. The normalized spacial score (nSPS) is 22.6. The summed E-state index contributed by atoms with van der Waals surface area (Å²) in [5, 5.41) is 9.30. The van der Waals surface area contributed by atoms with Crippen LogP contribution in [0.25, 0.3) is 0 Å². The summed E-state index contributed by atoms with van der Waals surface area (Å²) >= 11 is 0. The SMILES string of the molecule is CC(C(=O)O)C1C=C(O[Si](C)(C)C(C)(C)C)CCC1. The van der Waals surface area contributed by atoms with E-state index in [-0.39, 0.29) is 16.9 Å². The van der Waals surface area contributed by atoms with E-state index in [1.54, 1.807) is 6.92 Å². The van der Waals surface area contributed by atoms with Crippen molar-refractivity contribution in [2.45, 2.75) is 65.1 Å². The van der Waals surface area contributed by atoms with Gasteiger partial charge in [0.25, 0.3) is 0 Å². The third-order valence-corrected chi connectivity index (χ3v) is 8.97. The van der Waals surface area contributed by atoms with E-state index in [1.165, 1.54) is 0 Å². The van der Waals surface area contributed by atoms with Crippen molar-refractivity contribution >= 4 is 14.3 Å². The molecule has 1 aliphatic rings. The molecule has 0 aliphatic heterocycles. The van der Waals surface area contributed by atoms with Crippen LogP contribution in [0.5, 0.6) is 0 Å². The number of hydrogen-bond donors (Lipinski definition) is 1. The Bertz CT molecular complexity index is 366. The van der Waals surface area contributed by atoms with Crippen molar-refractivity contribution in [2.75, 3.05) is 0 Å². The Balaban J connectivity index is 2.81. The van der Waals surface area contributed by atoms with E-state index >= 15 is 0 Å². The molecule has 2 unspecified atom stereocenters.